The number of amides is 3. The molecule has 2 rings (SSSR count). The van der Waals surface area contributed by atoms with Crippen molar-refractivity contribution in [1.29, 1.82) is 0 Å². The SMILES string of the molecule is C/C=C(\C)OC(=O)N[C@@H](CCCCNC(C)=O)C(=O)NCc1ccc(Oc2ccc(C(C)O)cc2Cl)cc1. The van der Waals surface area contributed by atoms with Gasteiger partial charge in [-0.25, -0.2) is 4.79 Å². The van der Waals surface area contributed by atoms with Crippen molar-refractivity contribution in [1.82, 2.24) is 16.0 Å². The molecule has 2 atom stereocenters. The molecule has 0 saturated heterocycles. The van der Waals surface area contributed by atoms with Gasteiger partial charge in [-0.15, -0.1) is 0 Å². The molecule has 2 aromatic carbocycles. The van der Waals surface area contributed by atoms with E-state index in [-0.39, 0.29) is 18.4 Å². The molecule has 38 heavy (non-hydrogen) atoms. The van der Waals surface area contributed by atoms with E-state index in [1.54, 1.807) is 57.2 Å². The van der Waals surface area contributed by atoms with Crippen molar-refractivity contribution in [2.75, 3.05) is 6.54 Å². The Kier molecular flexibility index (Phi) is 12.6. The molecule has 4 N–H and O–H groups in total. The molecule has 0 aliphatic rings. The van der Waals surface area contributed by atoms with Crippen LogP contribution in [0.1, 0.15) is 64.2 Å². The fraction of sp³-hybridized carbons (Fsp3) is 0.393. The first kappa shape index (κ1) is 30.7. The van der Waals surface area contributed by atoms with Gasteiger partial charge in [-0.1, -0.05) is 29.8 Å². The van der Waals surface area contributed by atoms with Gasteiger partial charge in [0.05, 0.1) is 11.1 Å². The minimum absolute atomic E-state index is 0.114. The fourth-order valence-corrected chi connectivity index (χ4v) is 3.59. The Labute approximate surface area is 228 Å². The summed E-state index contributed by atoms with van der Waals surface area (Å²) in [4.78, 5) is 36.1. The number of rotatable bonds is 13. The third-order valence-corrected chi connectivity index (χ3v) is 5.91. The van der Waals surface area contributed by atoms with Crippen LogP contribution in [0.25, 0.3) is 0 Å². The molecule has 1 unspecified atom stereocenters. The molecule has 10 heteroatoms. The van der Waals surface area contributed by atoms with Gasteiger partial charge in [0.1, 0.15) is 23.3 Å². The number of hydrogen-bond donors (Lipinski definition) is 4. The quantitative estimate of drug-likeness (QED) is 0.204. The summed E-state index contributed by atoms with van der Waals surface area (Å²) in [6.45, 7) is 7.24. The average molecular weight is 546 g/mol. The van der Waals surface area contributed by atoms with Gasteiger partial charge in [-0.3, -0.25) is 9.59 Å². The molecule has 2 aromatic rings. The van der Waals surface area contributed by atoms with Gasteiger partial charge in [-0.2, -0.15) is 0 Å². The number of carbonyl (C=O) groups is 3. The summed E-state index contributed by atoms with van der Waals surface area (Å²) < 4.78 is 11.0. The fourth-order valence-electron chi connectivity index (χ4n) is 3.36. The predicted octanol–water partition coefficient (Wildman–Crippen LogP) is 5.13. The number of hydrogen-bond acceptors (Lipinski definition) is 6. The number of allylic oxidation sites excluding steroid dienone is 2. The molecule has 3 amide bonds. The third-order valence-electron chi connectivity index (χ3n) is 5.62. The highest BCUT2D eigenvalue weighted by molar-refractivity contribution is 6.32. The Morgan fingerprint density at radius 3 is 2.37 bits per heavy atom. The van der Waals surface area contributed by atoms with Crippen LogP contribution in [-0.2, 0) is 20.9 Å². The van der Waals surface area contributed by atoms with Crippen LogP contribution in [0.3, 0.4) is 0 Å². The summed E-state index contributed by atoms with van der Waals surface area (Å²) in [5.74, 6) is 0.994. The maximum atomic E-state index is 12.9. The molecule has 0 fully saturated rings. The van der Waals surface area contributed by atoms with E-state index in [4.69, 9.17) is 21.1 Å². The Bertz CT molecular complexity index is 1120. The number of aliphatic hydroxyl groups excluding tert-OH is 1. The van der Waals surface area contributed by atoms with Gasteiger partial charge < -0.3 is 30.5 Å². The molecule has 206 valence electrons. The zero-order valence-electron chi connectivity index (χ0n) is 22.2. The van der Waals surface area contributed by atoms with E-state index >= 15 is 0 Å². The Balaban J connectivity index is 1.94. The standard InChI is InChI=1S/C28H36ClN3O6/c1-5-18(2)37-28(36)32-25(8-6-7-15-30-20(4)34)27(35)31-17-21-9-12-23(13-10-21)38-26-14-11-22(19(3)33)16-24(26)29/h5,9-14,16,19,25,33H,6-8,15,17H2,1-4H3,(H,30,34)(H,31,35)(H,32,36)/b18-5+/t19?,25-/m0/s1. The molecule has 0 aliphatic heterocycles. The number of carbonyl (C=O) groups excluding carboxylic acids is 3. The number of benzene rings is 2. The van der Waals surface area contributed by atoms with Crippen molar-refractivity contribution in [3.8, 4) is 11.5 Å². The van der Waals surface area contributed by atoms with E-state index in [9.17, 15) is 19.5 Å². The lowest BCUT2D eigenvalue weighted by molar-refractivity contribution is -0.123. The predicted molar refractivity (Wildman–Crippen MR) is 146 cm³/mol. The van der Waals surface area contributed by atoms with E-state index in [1.807, 2.05) is 12.1 Å². The molecule has 0 spiro atoms. The summed E-state index contributed by atoms with van der Waals surface area (Å²) in [6.07, 6.45) is 1.99. The molecular formula is C28H36ClN3O6. The lowest BCUT2D eigenvalue weighted by Gasteiger charge is -2.18. The molecule has 0 saturated carbocycles. The lowest BCUT2D eigenvalue weighted by atomic mass is 10.1. The topological polar surface area (TPSA) is 126 Å². The van der Waals surface area contributed by atoms with Crippen molar-refractivity contribution in [2.24, 2.45) is 0 Å². The minimum atomic E-state index is -0.793. The van der Waals surface area contributed by atoms with Crippen LogP contribution >= 0.6 is 11.6 Å². The zero-order valence-corrected chi connectivity index (χ0v) is 22.9. The Morgan fingerprint density at radius 1 is 1.05 bits per heavy atom. The largest absolute Gasteiger partial charge is 0.456 e. The van der Waals surface area contributed by atoms with Gasteiger partial charge >= 0.3 is 6.09 Å². The molecule has 0 aromatic heterocycles. The van der Waals surface area contributed by atoms with Crippen molar-refractivity contribution < 1.29 is 29.0 Å². The Hall–Kier alpha value is -3.56. The van der Waals surface area contributed by atoms with Crippen LogP contribution in [0.4, 0.5) is 4.79 Å². The second-order valence-electron chi connectivity index (χ2n) is 8.79. The van der Waals surface area contributed by atoms with Crippen molar-refractivity contribution >= 4 is 29.5 Å². The Morgan fingerprint density at radius 2 is 1.76 bits per heavy atom. The maximum absolute atomic E-state index is 12.9. The average Bonchev–Trinajstić information content (AvgIpc) is 2.87. The second-order valence-corrected chi connectivity index (χ2v) is 9.20. The number of halogens is 1. The first-order chi connectivity index (χ1) is 18.1. The summed E-state index contributed by atoms with van der Waals surface area (Å²) in [6, 6.07) is 11.5. The number of alkyl carbamates (subject to hydrolysis) is 1. The smallest absolute Gasteiger partial charge is 0.412 e. The summed E-state index contributed by atoms with van der Waals surface area (Å²) >= 11 is 6.26. The first-order valence-electron chi connectivity index (χ1n) is 12.5. The molecule has 0 bridgehead atoms. The molecule has 0 aliphatic carbocycles. The van der Waals surface area contributed by atoms with Gasteiger partial charge in [-0.05, 0) is 81.5 Å². The van der Waals surface area contributed by atoms with E-state index < -0.39 is 18.2 Å². The highest BCUT2D eigenvalue weighted by atomic mass is 35.5. The normalized spacial score (nSPS) is 12.7. The van der Waals surface area contributed by atoms with Crippen LogP contribution < -0.4 is 20.7 Å². The molecule has 0 radical (unpaired) electrons. The number of ether oxygens (including phenoxy) is 2. The van der Waals surface area contributed by atoms with Crippen LogP contribution in [0.15, 0.2) is 54.3 Å². The van der Waals surface area contributed by atoms with Gasteiger partial charge in [0.25, 0.3) is 0 Å². The van der Waals surface area contributed by atoms with E-state index in [2.05, 4.69) is 16.0 Å². The third kappa shape index (κ3) is 10.8. The van der Waals surface area contributed by atoms with Crippen molar-refractivity contribution in [3.63, 3.8) is 0 Å². The minimum Gasteiger partial charge on any atom is -0.456 e. The van der Waals surface area contributed by atoms with Crippen LogP contribution in [0.2, 0.25) is 5.02 Å². The van der Waals surface area contributed by atoms with Crippen molar-refractivity contribution in [2.45, 2.75) is 65.6 Å². The van der Waals surface area contributed by atoms with E-state index in [0.29, 0.717) is 53.7 Å². The second kappa shape index (κ2) is 15.6. The molecular weight excluding hydrogens is 510 g/mol. The van der Waals surface area contributed by atoms with Crippen molar-refractivity contribution in [3.05, 3.63) is 70.4 Å². The molecule has 0 heterocycles. The van der Waals surface area contributed by atoms with Crippen LogP contribution in [0.5, 0.6) is 11.5 Å². The van der Waals surface area contributed by atoms with E-state index in [0.717, 1.165) is 5.56 Å². The van der Waals surface area contributed by atoms with Crippen LogP contribution in [-0.4, -0.2) is 35.6 Å². The number of nitrogens with one attached hydrogen (secondary N) is 3. The van der Waals surface area contributed by atoms with E-state index in [1.165, 1.54) is 6.92 Å². The first-order valence-corrected chi connectivity index (χ1v) is 12.8. The van der Waals surface area contributed by atoms with Gasteiger partial charge in [0.15, 0.2) is 0 Å². The molecule has 9 nitrogen and oxygen atoms in total. The highest BCUT2D eigenvalue weighted by Crippen LogP contribution is 2.31. The summed E-state index contributed by atoms with van der Waals surface area (Å²) in [5, 5.41) is 18.2. The number of unbranched alkanes of at least 4 members (excludes halogenated alkanes) is 1. The highest BCUT2D eigenvalue weighted by Gasteiger charge is 2.21. The summed E-state index contributed by atoms with van der Waals surface area (Å²) in [5.41, 5.74) is 1.53. The van der Waals surface area contributed by atoms with Gasteiger partial charge in [0, 0.05) is 20.0 Å². The van der Waals surface area contributed by atoms with Gasteiger partial charge in [0.2, 0.25) is 11.8 Å². The lowest BCUT2D eigenvalue weighted by Crippen LogP contribution is -2.46. The number of aliphatic hydroxyl groups is 1. The zero-order chi connectivity index (χ0) is 28.1. The maximum Gasteiger partial charge on any atom is 0.412 e. The summed E-state index contributed by atoms with van der Waals surface area (Å²) in [7, 11) is 0. The monoisotopic (exact) mass is 545 g/mol. The van der Waals surface area contributed by atoms with Crippen LogP contribution in [0, 0.1) is 0 Å².